The van der Waals surface area contributed by atoms with Gasteiger partial charge in [0.1, 0.15) is 5.00 Å². The number of aryl methyl sites for hydroxylation is 1. The van der Waals surface area contributed by atoms with Crippen LogP contribution in [0.1, 0.15) is 45.9 Å². The lowest BCUT2D eigenvalue weighted by Gasteiger charge is -2.18. The van der Waals surface area contributed by atoms with E-state index in [1.165, 1.54) is 28.0 Å². The van der Waals surface area contributed by atoms with Gasteiger partial charge in [0.25, 0.3) is 5.91 Å². The van der Waals surface area contributed by atoms with E-state index in [1.54, 1.807) is 11.3 Å². The molecule has 10 heteroatoms. The number of anilines is 1. The second kappa shape index (κ2) is 9.13. The van der Waals surface area contributed by atoms with E-state index in [1.807, 2.05) is 11.5 Å². The minimum absolute atomic E-state index is 0.179. The minimum Gasteiger partial charge on any atom is -0.365 e. The summed E-state index contributed by atoms with van der Waals surface area (Å²) in [6, 6.07) is 2.09. The molecule has 31 heavy (non-hydrogen) atoms. The predicted molar refractivity (Wildman–Crippen MR) is 127 cm³/mol. The fourth-order valence-electron chi connectivity index (χ4n) is 3.85. The van der Waals surface area contributed by atoms with Crippen molar-refractivity contribution in [1.82, 2.24) is 14.8 Å². The third kappa shape index (κ3) is 4.56. The highest BCUT2D eigenvalue weighted by Gasteiger charge is 2.27. The van der Waals surface area contributed by atoms with Crippen molar-refractivity contribution in [2.75, 3.05) is 11.1 Å². The van der Waals surface area contributed by atoms with Gasteiger partial charge in [-0.2, -0.15) is 0 Å². The van der Waals surface area contributed by atoms with E-state index in [4.69, 9.17) is 5.73 Å². The molecule has 1 atom stereocenters. The van der Waals surface area contributed by atoms with Gasteiger partial charge >= 0.3 is 0 Å². The number of aromatic nitrogens is 3. The molecule has 2 amide bonds. The van der Waals surface area contributed by atoms with Gasteiger partial charge in [0, 0.05) is 27.2 Å². The summed E-state index contributed by atoms with van der Waals surface area (Å²) in [5, 5.41) is 14.9. The molecule has 0 aliphatic heterocycles. The highest BCUT2D eigenvalue weighted by atomic mass is 32.2. The summed E-state index contributed by atoms with van der Waals surface area (Å²) in [4.78, 5) is 27.1. The zero-order valence-electron chi connectivity index (χ0n) is 17.7. The molecule has 0 aromatic carbocycles. The van der Waals surface area contributed by atoms with E-state index in [0.717, 1.165) is 41.1 Å². The molecule has 4 rings (SSSR count). The summed E-state index contributed by atoms with van der Waals surface area (Å²) >= 11 is 4.49. The second-order valence-electron chi connectivity index (χ2n) is 7.75. The molecule has 0 saturated heterocycles. The number of carbonyl (C=O) groups excluding carboxylic acids is 2. The van der Waals surface area contributed by atoms with Crippen molar-refractivity contribution >= 4 is 51.3 Å². The van der Waals surface area contributed by atoms with Crippen LogP contribution in [0, 0.1) is 12.8 Å². The number of amides is 2. The number of primary amides is 1. The van der Waals surface area contributed by atoms with Crippen LogP contribution in [0.5, 0.6) is 0 Å². The number of nitrogens with zero attached hydrogens (tertiary/aromatic N) is 3. The van der Waals surface area contributed by atoms with Crippen LogP contribution in [0.15, 0.2) is 16.6 Å². The Kier molecular flexibility index (Phi) is 6.49. The van der Waals surface area contributed by atoms with E-state index >= 15 is 0 Å². The fourth-order valence-corrected chi connectivity index (χ4v) is 6.76. The Morgan fingerprint density at radius 1 is 1.39 bits per heavy atom. The Hall–Kier alpha value is -2.17. The number of nitrogens with two attached hydrogens (primary N) is 1. The first kappa shape index (κ1) is 22.0. The molecule has 1 aliphatic carbocycles. The molecular weight excluding hydrogens is 450 g/mol. The first-order chi connectivity index (χ1) is 14.9. The van der Waals surface area contributed by atoms with Crippen LogP contribution in [-0.2, 0) is 24.2 Å². The van der Waals surface area contributed by atoms with Crippen molar-refractivity contribution in [1.29, 1.82) is 0 Å². The number of thioether (sulfide) groups is 1. The van der Waals surface area contributed by atoms with Gasteiger partial charge in [0.05, 0.1) is 11.3 Å². The smallest absolute Gasteiger partial charge is 0.251 e. The lowest BCUT2D eigenvalue weighted by molar-refractivity contribution is -0.113. The second-order valence-corrected chi connectivity index (χ2v) is 10.9. The number of carbonyl (C=O) groups is 2. The predicted octanol–water partition coefficient (Wildman–Crippen LogP) is 4.35. The number of thiophene rings is 2. The third-order valence-corrected chi connectivity index (χ3v) is 8.36. The number of nitrogens with one attached hydrogen (secondary N) is 1. The van der Waals surface area contributed by atoms with Crippen LogP contribution >= 0.6 is 34.4 Å². The third-order valence-electron chi connectivity index (χ3n) is 5.37. The monoisotopic (exact) mass is 475 g/mol. The molecule has 164 valence electrons. The lowest BCUT2D eigenvalue weighted by atomic mass is 9.88. The quantitative estimate of drug-likeness (QED) is 0.495. The summed E-state index contributed by atoms with van der Waals surface area (Å²) in [6.45, 7) is 7.01. The standard InChI is InChI=1S/C21H25N5O2S3/c1-4-26-19(13-8-12(3)29-9-13)24-25-21(26)30-10-16(27)23-20-17(18(22)28)14-6-5-11(2)7-15(14)31-20/h8-9,11H,4-7,10H2,1-3H3,(H2,22,28)(H,23,27). The number of hydrogen-bond acceptors (Lipinski definition) is 7. The summed E-state index contributed by atoms with van der Waals surface area (Å²) in [5.41, 5.74) is 8.18. The van der Waals surface area contributed by atoms with Crippen molar-refractivity contribution in [2.45, 2.75) is 51.7 Å². The first-order valence-electron chi connectivity index (χ1n) is 10.2. The molecule has 0 spiro atoms. The molecule has 0 bridgehead atoms. The highest BCUT2D eigenvalue weighted by Crippen LogP contribution is 2.39. The molecule has 3 heterocycles. The molecule has 0 radical (unpaired) electrons. The summed E-state index contributed by atoms with van der Waals surface area (Å²) in [7, 11) is 0. The normalized spacial score (nSPS) is 15.6. The Bertz CT molecular complexity index is 1130. The zero-order valence-corrected chi connectivity index (χ0v) is 20.2. The summed E-state index contributed by atoms with van der Waals surface area (Å²) in [5.74, 6) is 0.908. The molecule has 0 saturated carbocycles. The molecular formula is C21H25N5O2S3. The van der Waals surface area contributed by atoms with Crippen LogP contribution in [0.4, 0.5) is 5.00 Å². The Morgan fingerprint density at radius 3 is 2.87 bits per heavy atom. The van der Waals surface area contributed by atoms with Gasteiger partial charge in [0.2, 0.25) is 5.91 Å². The molecule has 1 aliphatic rings. The molecule has 0 fully saturated rings. The SMILES string of the molecule is CCn1c(SCC(=O)Nc2sc3c(c2C(N)=O)CCC(C)C3)nnc1-c1csc(C)c1. The zero-order chi connectivity index (χ0) is 22.1. The molecule has 3 N–H and O–H groups in total. The highest BCUT2D eigenvalue weighted by molar-refractivity contribution is 7.99. The van der Waals surface area contributed by atoms with Gasteiger partial charge in [0.15, 0.2) is 11.0 Å². The van der Waals surface area contributed by atoms with Crippen LogP contribution in [0.2, 0.25) is 0 Å². The van der Waals surface area contributed by atoms with Gasteiger partial charge in [-0.1, -0.05) is 18.7 Å². The van der Waals surface area contributed by atoms with Crippen LogP contribution < -0.4 is 11.1 Å². The largest absolute Gasteiger partial charge is 0.365 e. The fraction of sp³-hybridized carbons (Fsp3) is 0.429. The van der Waals surface area contributed by atoms with Crippen LogP contribution in [-0.4, -0.2) is 32.3 Å². The first-order valence-corrected chi connectivity index (χ1v) is 12.9. The average molecular weight is 476 g/mol. The van der Waals surface area contributed by atoms with Crippen molar-refractivity contribution in [3.05, 3.63) is 32.3 Å². The number of fused-ring (bicyclic) bond motifs is 1. The van der Waals surface area contributed by atoms with E-state index in [0.29, 0.717) is 28.2 Å². The summed E-state index contributed by atoms with van der Waals surface area (Å²) < 4.78 is 2.01. The van der Waals surface area contributed by atoms with Gasteiger partial charge in [-0.3, -0.25) is 9.59 Å². The average Bonchev–Trinajstić information content (AvgIpc) is 3.41. The Labute approximate surface area is 193 Å². The van der Waals surface area contributed by atoms with Crippen molar-refractivity contribution in [3.63, 3.8) is 0 Å². The maximum atomic E-state index is 12.7. The summed E-state index contributed by atoms with van der Waals surface area (Å²) in [6.07, 6.45) is 2.79. The van der Waals surface area contributed by atoms with E-state index in [9.17, 15) is 9.59 Å². The van der Waals surface area contributed by atoms with Crippen molar-refractivity contribution in [3.8, 4) is 11.4 Å². The lowest BCUT2D eigenvalue weighted by Crippen LogP contribution is -2.20. The van der Waals surface area contributed by atoms with Gasteiger partial charge in [-0.25, -0.2) is 0 Å². The molecule has 7 nitrogen and oxygen atoms in total. The van der Waals surface area contributed by atoms with E-state index < -0.39 is 5.91 Å². The Balaban J connectivity index is 1.47. The number of rotatable bonds is 7. The van der Waals surface area contributed by atoms with Crippen LogP contribution in [0.3, 0.4) is 0 Å². The van der Waals surface area contributed by atoms with Gasteiger partial charge in [-0.15, -0.1) is 32.9 Å². The molecule has 3 aromatic rings. The van der Waals surface area contributed by atoms with E-state index in [2.05, 4.69) is 40.8 Å². The van der Waals surface area contributed by atoms with E-state index in [-0.39, 0.29) is 11.7 Å². The maximum absolute atomic E-state index is 12.7. The van der Waals surface area contributed by atoms with Crippen LogP contribution in [0.25, 0.3) is 11.4 Å². The van der Waals surface area contributed by atoms with Crippen molar-refractivity contribution < 1.29 is 9.59 Å². The van der Waals surface area contributed by atoms with Gasteiger partial charge < -0.3 is 15.6 Å². The number of hydrogen-bond donors (Lipinski definition) is 2. The minimum atomic E-state index is -0.476. The Morgan fingerprint density at radius 2 is 2.19 bits per heavy atom. The molecule has 3 aromatic heterocycles. The maximum Gasteiger partial charge on any atom is 0.251 e. The van der Waals surface area contributed by atoms with Crippen molar-refractivity contribution in [2.24, 2.45) is 11.7 Å². The molecule has 1 unspecified atom stereocenters. The topological polar surface area (TPSA) is 103 Å². The van der Waals surface area contributed by atoms with Gasteiger partial charge in [-0.05, 0) is 50.7 Å².